The molecular weight excluding hydrogens is 224 g/mol. The van der Waals surface area contributed by atoms with Gasteiger partial charge >= 0.3 is 0 Å². The topological polar surface area (TPSA) is 49.8 Å². The molecule has 0 unspecified atom stereocenters. The SMILES string of the molecule is Cc1cnc(NC[C@H]2CCCNC2)nc1Cl. The molecule has 0 radical (unpaired) electrons. The smallest absolute Gasteiger partial charge is 0.224 e. The van der Waals surface area contributed by atoms with E-state index in [0.717, 1.165) is 25.2 Å². The normalized spacial score (nSPS) is 20.8. The second-order valence-corrected chi connectivity index (χ2v) is 4.62. The summed E-state index contributed by atoms with van der Waals surface area (Å²) in [6, 6.07) is 0. The second-order valence-electron chi connectivity index (χ2n) is 4.26. The van der Waals surface area contributed by atoms with Gasteiger partial charge in [0.2, 0.25) is 5.95 Å². The standard InChI is InChI=1S/C11H17ClN4/c1-8-5-14-11(16-10(8)12)15-7-9-3-2-4-13-6-9/h5,9,13H,2-4,6-7H2,1H3,(H,14,15,16)/t9-/m0/s1. The van der Waals surface area contributed by atoms with Crippen molar-refractivity contribution in [1.29, 1.82) is 0 Å². The van der Waals surface area contributed by atoms with Crippen LogP contribution in [0.1, 0.15) is 18.4 Å². The van der Waals surface area contributed by atoms with Crippen LogP contribution in [0.25, 0.3) is 0 Å². The fourth-order valence-corrected chi connectivity index (χ4v) is 1.97. The molecule has 16 heavy (non-hydrogen) atoms. The number of halogens is 1. The highest BCUT2D eigenvalue weighted by atomic mass is 35.5. The average molecular weight is 241 g/mol. The molecule has 4 nitrogen and oxygen atoms in total. The third-order valence-corrected chi connectivity index (χ3v) is 3.24. The van der Waals surface area contributed by atoms with Crippen LogP contribution < -0.4 is 10.6 Å². The Balaban J connectivity index is 1.86. The van der Waals surface area contributed by atoms with E-state index in [0.29, 0.717) is 17.0 Å². The van der Waals surface area contributed by atoms with Gasteiger partial charge in [-0.1, -0.05) is 11.6 Å². The number of nitrogens with zero attached hydrogens (tertiary/aromatic N) is 2. The fourth-order valence-electron chi connectivity index (χ4n) is 1.84. The van der Waals surface area contributed by atoms with Crippen molar-refractivity contribution >= 4 is 17.5 Å². The van der Waals surface area contributed by atoms with E-state index in [1.165, 1.54) is 12.8 Å². The Kier molecular flexibility index (Phi) is 3.96. The van der Waals surface area contributed by atoms with Crippen molar-refractivity contribution in [3.05, 3.63) is 16.9 Å². The maximum Gasteiger partial charge on any atom is 0.224 e. The summed E-state index contributed by atoms with van der Waals surface area (Å²) >= 11 is 5.93. The molecule has 0 saturated carbocycles. The first-order chi connectivity index (χ1) is 7.75. The van der Waals surface area contributed by atoms with Crippen molar-refractivity contribution in [2.75, 3.05) is 25.0 Å². The Hall–Kier alpha value is -0.870. The molecular formula is C11H17ClN4. The van der Waals surface area contributed by atoms with Gasteiger partial charge in [-0.2, -0.15) is 0 Å². The first kappa shape index (κ1) is 11.6. The molecule has 0 aromatic carbocycles. The van der Waals surface area contributed by atoms with Crippen LogP contribution in [0, 0.1) is 12.8 Å². The van der Waals surface area contributed by atoms with Crippen molar-refractivity contribution < 1.29 is 0 Å². The van der Waals surface area contributed by atoms with E-state index in [4.69, 9.17) is 11.6 Å². The number of piperidine rings is 1. The minimum Gasteiger partial charge on any atom is -0.354 e. The van der Waals surface area contributed by atoms with Gasteiger partial charge in [-0.15, -0.1) is 0 Å². The Morgan fingerprint density at radius 3 is 3.19 bits per heavy atom. The second kappa shape index (κ2) is 5.46. The molecule has 1 saturated heterocycles. The van der Waals surface area contributed by atoms with Gasteiger partial charge in [0.1, 0.15) is 5.15 Å². The minimum absolute atomic E-state index is 0.527. The largest absolute Gasteiger partial charge is 0.354 e. The number of aryl methyl sites for hydroxylation is 1. The molecule has 2 N–H and O–H groups in total. The van der Waals surface area contributed by atoms with Gasteiger partial charge in [-0.05, 0) is 38.8 Å². The summed E-state index contributed by atoms with van der Waals surface area (Å²) in [5.41, 5.74) is 0.909. The summed E-state index contributed by atoms with van der Waals surface area (Å²) in [6.07, 6.45) is 4.26. The van der Waals surface area contributed by atoms with E-state index in [-0.39, 0.29) is 0 Å². The zero-order valence-electron chi connectivity index (χ0n) is 9.46. The maximum atomic E-state index is 5.93. The summed E-state index contributed by atoms with van der Waals surface area (Å²) in [6.45, 7) is 5.03. The van der Waals surface area contributed by atoms with E-state index >= 15 is 0 Å². The quantitative estimate of drug-likeness (QED) is 0.792. The molecule has 0 aliphatic carbocycles. The number of hydrogen-bond acceptors (Lipinski definition) is 4. The maximum absolute atomic E-state index is 5.93. The van der Waals surface area contributed by atoms with Crippen LogP contribution >= 0.6 is 11.6 Å². The fraction of sp³-hybridized carbons (Fsp3) is 0.636. The van der Waals surface area contributed by atoms with Crippen molar-refractivity contribution in [2.24, 2.45) is 5.92 Å². The molecule has 88 valence electrons. The summed E-state index contributed by atoms with van der Waals surface area (Å²) in [5, 5.41) is 7.15. The number of hydrogen-bond donors (Lipinski definition) is 2. The molecule has 0 spiro atoms. The molecule has 0 bridgehead atoms. The third-order valence-electron chi connectivity index (χ3n) is 2.86. The molecule has 1 aliphatic rings. The Bertz CT molecular complexity index is 350. The van der Waals surface area contributed by atoms with E-state index in [2.05, 4.69) is 20.6 Å². The highest BCUT2D eigenvalue weighted by Crippen LogP contribution is 2.14. The van der Waals surface area contributed by atoms with Gasteiger partial charge in [0.15, 0.2) is 0 Å². The van der Waals surface area contributed by atoms with E-state index < -0.39 is 0 Å². The third kappa shape index (κ3) is 3.06. The number of aromatic nitrogens is 2. The van der Waals surface area contributed by atoms with Crippen LogP contribution in [-0.2, 0) is 0 Å². The highest BCUT2D eigenvalue weighted by molar-refractivity contribution is 6.30. The van der Waals surface area contributed by atoms with E-state index in [1.54, 1.807) is 6.20 Å². The molecule has 5 heteroatoms. The van der Waals surface area contributed by atoms with Gasteiger partial charge in [-0.3, -0.25) is 0 Å². The molecule has 0 amide bonds. The first-order valence-corrected chi connectivity index (χ1v) is 6.07. The van der Waals surface area contributed by atoms with Crippen LogP contribution in [0.15, 0.2) is 6.20 Å². The first-order valence-electron chi connectivity index (χ1n) is 5.69. The zero-order valence-corrected chi connectivity index (χ0v) is 10.2. The van der Waals surface area contributed by atoms with E-state index in [9.17, 15) is 0 Å². The molecule has 1 fully saturated rings. The van der Waals surface area contributed by atoms with Gasteiger partial charge in [0.05, 0.1) is 0 Å². The molecule has 2 heterocycles. The molecule has 1 aliphatic heterocycles. The number of nitrogens with one attached hydrogen (secondary N) is 2. The lowest BCUT2D eigenvalue weighted by Gasteiger charge is -2.22. The van der Waals surface area contributed by atoms with Crippen molar-refractivity contribution in [3.8, 4) is 0 Å². The molecule has 1 atom stereocenters. The van der Waals surface area contributed by atoms with E-state index in [1.807, 2.05) is 6.92 Å². The Labute approximate surface area is 101 Å². The summed E-state index contributed by atoms with van der Waals surface area (Å²) in [7, 11) is 0. The van der Waals surface area contributed by atoms with Gasteiger partial charge in [-0.25, -0.2) is 9.97 Å². The Morgan fingerprint density at radius 1 is 1.62 bits per heavy atom. The summed E-state index contributed by atoms with van der Waals surface area (Å²) < 4.78 is 0. The monoisotopic (exact) mass is 240 g/mol. The van der Waals surface area contributed by atoms with Crippen molar-refractivity contribution in [1.82, 2.24) is 15.3 Å². The zero-order chi connectivity index (χ0) is 11.4. The molecule has 1 aromatic heterocycles. The summed E-state index contributed by atoms with van der Waals surface area (Å²) in [4.78, 5) is 8.38. The van der Waals surface area contributed by atoms with Crippen LogP contribution in [0.2, 0.25) is 5.15 Å². The minimum atomic E-state index is 0.527. The van der Waals surface area contributed by atoms with Crippen LogP contribution in [0.3, 0.4) is 0 Å². The van der Waals surface area contributed by atoms with Crippen LogP contribution in [0.4, 0.5) is 5.95 Å². The highest BCUT2D eigenvalue weighted by Gasteiger charge is 2.12. The van der Waals surface area contributed by atoms with Crippen molar-refractivity contribution in [2.45, 2.75) is 19.8 Å². The summed E-state index contributed by atoms with van der Waals surface area (Å²) in [5.74, 6) is 1.29. The number of anilines is 1. The molecule has 1 aromatic rings. The van der Waals surface area contributed by atoms with Gasteiger partial charge in [0, 0.05) is 18.3 Å². The predicted molar refractivity (Wildman–Crippen MR) is 65.9 cm³/mol. The van der Waals surface area contributed by atoms with Crippen LogP contribution in [-0.4, -0.2) is 29.6 Å². The van der Waals surface area contributed by atoms with Crippen LogP contribution in [0.5, 0.6) is 0 Å². The predicted octanol–water partition coefficient (Wildman–Crippen LogP) is 1.85. The lowest BCUT2D eigenvalue weighted by atomic mass is 10.00. The Morgan fingerprint density at radius 2 is 2.50 bits per heavy atom. The van der Waals surface area contributed by atoms with Gasteiger partial charge < -0.3 is 10.6 Å². The van der Waals surface area contributed by atoms with Gasteiger partial charge in [0.25, 0.3) is 0 Å². The lowest BCUT2D eigenvalue weighted by Crippen LogP contribution is -2.33. The molecule has 2 rings (SSSR count). The van der Waals surface area contributed by atoms with Crippen molar-refractivity contribution in [3.63, 3.8) is 0 Å². The lowest BCUT2D eigenvalue weighted by molar-refractivity contribution is 0.392. The number of rotatable bonds is 3. The average Bonchev–Trinajstić information content (AvgIpc) is 2.32.